The number of halogens is 3. The third-order valence-corrected chi connectivity index (χ3v) is 3.34. The monoisotopic (exact) mass is 300 g/mol. The van der Waals surface area contributed by atoms with E-state index in [1.165, 1.54) is 25.3 Å². The molecule has 100 valence electrons. The lowest BCUT2D eigenvalue weighted by molar-refractivity contribution is 0.209. The smallest absolute Gasteiger partial charge is 0.133 e. The molecule has 0 saturated carbocycles. The average Bonchev–Trinajstić information content (AvgIpc) is 2.40. The van der Waals surface area contributed by atoms with Crippen LogP contribution in [0, 0.1) is 5.82 Å². The van der Waals surface area contributed by atoms with Crippen molar-refractivity contribution >= 4 is 23.2 Å². The van der Waals surface area contributed by atoms with E-state index in [0.717, 1.165) is 0 Å². The molecule has 0 saturated heterocycles. The highest BCUT2D eigenvalue weighted by Crippen LogP contribution is 2.36. The molecule has 0 radical (unpaired) electrons. The van der Waals surface area contributed by atoms with Gasteiger partial charge in [0.1, 0.15) is 17.7 Å². The summed E-state index contributed by atoms with van der Waals surface area (Å²) < 4.78 is 19.0. The van der Waals surface area contributed by atoms with Gasteiger partial charge in [-0.1, -0.05) is 29.3 Å². The first-order valence-corrected chi connectivity index (χ1v) is 6.25. The number of aliphatic hydroxyl groups is 1. The highest BCUT2D eigenvalue weighted by Gasteiger charge is 2.22. The zero-order valence-corrected chi connectivity index (χ0v) is 11.5. The Morgan fingerprint density at radius 2 is 1.95 bits per heavy atom. The Balaban J connectivity index is 2.55. The first-order chi connectivity index (χ1) is 9.04. The minimum absolute atomic E-state index is 0.0363. The van der Waals surface area contributed by atoms with Gasteiger partial charge in [-0.05, 0) is 30.3 Å². The molecule has 2 aromatic rings. The number of hydrogen-bond acceptors (Lipinski definition) is 2. The van der Waals surface area contributed by atoms with Gasteiger partial charge in [0.05, 0.1) is 12.7 Å². The van der Waals surface area contributed by atoms with Gasteiger partial charge in [0.25, 0.3) is 0 Å². The summed E-state index contributed by atoms with van der Waals surface area (Å²) in [6.45, 7) is 0. The molecule has 2 aromatic carbocycles. The van der Waals surface area contributed by atoms with Crippen LogP contribution in [0.2, 0.25) is 10.0 Å². The molecule has 5 heteroatoms. The van der Waals surface area contributed by atoms with E-state index in [1.807, 2.05) is 0 Å². The largest absolute Gasteiger partial charge is 0.496 e. The molecule has 2 rings (SSSR count). The molecule has 0 bridgehead atoms. The number of ether oxygens (including phenoxy) is 1. The molecule has 1 unspecified atom stereocenters. The number of hydrogen-bond donors (Lipinski definition) is 1. The van der Waals surface area contributed by atoms with Crippen LogP contribution < -0.4 is 4.74 Å². The van der Waals surface area contributed by atoms with Crippen LogP contribution in [0.25, 0.3) is 0 Å². The standard InChI is InChI=1S/C14H11Cl2FO2/c1-19-12-4-2-3-11(17)13(12)14(18)9-7-8(15)5-6-10(9)16/h2-7,14,18H,1H3. The average molecular weight is 301 g/mol. The van der Waals surface area contributed by atoms with Crippen molar-refractivity contribution in [3.8, 4) is 5.75 Å². The third-order valence-electron chi connectivity index (χ3n) is 2.76. The fourth-order valence-electron chi connectivity index (χ4n) is 1.84. The number of benzene rings is 2. The zero-order valence-electron chi connectivity index (χ0n) is 10.0. The van der Waals surface area contributed by atoms with Crippen LogP contribution in [0.4, 0.5) is 4.39 Å². The van der Waals surface area contributed by atoms with Gasteiger partial charge >= 0.3 is 0 Å². The van der Waals surface area contributed by atoms with Crippen molar-refractivity contribution in [2.24, 2.45) is 0 Å². The Morgan fingerprint density at radius 3 is 2.63 bits per heavy atom. The van der Waals surface area contributed by atoms with Crippen LogP contribution in [-0.4, -0.2) is 12.2 Å². The van der Waals surface area contributed by atoms with Crippen molar-refractivity contribution in [2.45, 2.75) is 6.10 Å². The van der Waals surface area contributed by atoms with Crippen LogP contribution in [0.3, 0.4) is 0 Å². The molecule has 19 heavy (non-hydrogen) atoms. The van der Waals surface area contributed by atoms with Gasteiger partial charge in [0.2, 0.25) is 0 Å². The van der Waals surface area contributed by atoms with E-state index in [0.29, 0.717) is 15.6 Å². The fraction of sp³-hybridized carbons (Fsp3) is 0.143. The Morgan fingerprint density at radius 1 is 1.21 bits per heavy atom. The highest BCUT2D eigenvalue weighted by molar-refractivity contribution is 6.33. The Hall–Kier alpha value is -1.29. The lowest BCUT2D eigenvalue weighted by Crippen LogP contribution is -2.06. The molecule has 0 aromatic heterocycles. The van der Waals surface area contributed by atoms with E-state index < -0.39 is 11.9 Å². The molecule has 0 heterocycles. The molecule has 0 aliphatic heterocycles. The lowest BCUT2D eigenvalue weighted by Gasteiger charge is -2.17. The zero-order chi connectivity index (χ0) is 14.0. The van der Waals surface area contributed by atoms with E-state index in [2.05, 4.69) is 0 Å². The quantitative estimate of drug-likeness (QED) is 0.919. The third kappa shape index (κ3) is 2.84. The van der Waals surface area contributed by atoms with Crippen LogP contribution in [0.5, 0.6) is 5.75 Å². The molecule has 0 spiro atoms. The normalized spacial score (nSPS) is 12.3. The van der Waals surface area contributed by atoms with E-state index >= 15 is 0 Å². The van der Waals surface area contributed by atoms with E-state index in [1.54, 1.807) is 18.2 Å². The Kier molecular flexibility index (Phi) is 4.30. The SMILES string of the molecule is COc1cccc(F)c1C(O)c1cc(Cl)ccc1Cl. The fourth-order valence-corrected chi connectivity index (χ4v) is 2.24. The van der Waals surface area contributed by atoms with Gasteiger partial charge < -0.3 is 9.84 Å². The Labute approximate surface area is 120 Å². The van der Waals surface area contributed by atoms with Gasteiger partial charge in [-0.15, -0.1) is 0 Å². The van der Waals surface area contributed by atoms with Crippen LogP contribution in [0.1, 0.15) is 17.2 Å². The van der Waals surface area contributed by atoms with Crippen molar-refractivity contribution in [2.75, 3.05) is 7.11 Å². The molecule has 0 aliphatic rings. The molecule has 1 N–H and O–H groups in total. The second-order valence-corrected chi connectivity index (χ2v) is 4.77. The van der Waals surface area contributed by atoms with E-state index in [9.17, 15) is 9.50 Å². The molecular weight excluding hydrogens is 290 g/mol. The predicted octanol–water partition coefficient (Wildman–Crippen LogP) is 4.22. The summed E-state index contributed by atoms with van der Waals surface area (Å²) in [5, 5.41) is 11.0. The predicted molar refractivity (Wildman–Crippen MR) is 73.5 cm³/mol. The van der Waals surface area contributed by atoms with Crippen molar-refractivity contribution in [1.29, 1.82) is 0 Å². The molecule has 0 amide bonds. The number of aliphatic hydroxyl groups excluding tert-OH is 1. The maximum atomic E-state index is 13.9. The maximum absolute atomic E-state index is 13.9. The summed E-state index contributed by atoms with van der Waals surface area (Å²) in [5.74, 6) is -0.313. The minimum atomic E-state index is -1.25. The highest BCUT2D eigenvalue weighted by atomic mass is 35.5. The second kappa shape index (κ2) is 5.78. The first kappa shape index (κ1) is 14.1. The van der Waals surface area contributed by atoms with Gasteiger partial charge in [-0.3, -0.25) is 0 Å². The van der Waals surface area contributed by atoms with Gasteiger partial charge in [0, 0.05) is 15.6 Å². The van der Waals surface area contributed by atoms with Crippen molar-refractivity contribution in [3.63, 3.8) is 0 Å². The van der Waals surface area contributed by atoms with Crippen LogP contribution in [0.15, 0.2) is 36.4 Å². The molecule has 0 aliphatic carbocycles. The number of rotatable bonds is 3. The minimum Gasteiger partial charge on any atom is -0.496 e. The van der Waals surface area contributed by atoms with Crippen LogP contribution >= 0.6 is 23.2 Å². The summed E-state index contributed by atoms with van der Waals surface area (Å²) in [6, 6.07) is 8.97. The van der Waals surface area contributed by atoms with Crippen LogP contribution in [-0.2, 0) is 0 Å². The summed E-state index contributed by atoms with van der Waals surface area (Å²) in [5.41, 5.74) is 0.367. The molecule has 2 nitrogen and oxygen atoms in total. The topological polar surface area (TPSA) is 29.5 Å². The van der Waals surface area contributed by atoms with Crippen molar-refractivity contribution < 1.29 is 14.2 Å². The van der Waals surface area contributed by atoms with Crippen molar-refractivity contribution in [3.05, 3.63) is 63.4 Å². The van der Waals surface area contributed by atoms with E-state index in [4.69, 9.17) is 27.9 Å². The van der Waals surface area contributed by atoms with Gasteiger partial charge in [-0.2, -0.15) is 0 Å². The summed E-state index contributed by atoms with van der Waals surface area (Å²) >= 11 is 11.9. The van der Waals surface area contributed by atoms with E-state index in [-0.39, 0.29) is 11.3 Å². The number of methoxy groups -OCH3 is 1. The summed E-state index contributed by atoms with van der Waals surface area (Å²) in [6.07, 6.45) is -1.25. The maximum Gasteiger partial charge on any atom is 0.133 e. The van der Waals surface area contributed by atoms with Gasteiger partial charge in [-0.25, -0.2) is 4.39 Å². The summed E-state index contributed by atoms with van der Waals surface area (Å²) in [7, 11) is 1.41. The summed E-state index contributed by atoms with van der Waals surface area (Å²) in [4.78, 5) is 0. The molecule has 1 atom stereocenters. The Bertz CT molecular complexity index is 602. The molecular formula is C14H11Cl2FO2. The molecule has 0 fully saturated rings. The lowest BCUT2D eigenvalue weighted by atomic mass is 10.00. The van der Waals surface area contributed by atoms with Gasteiger partial charge in [0.15, 0.2) is 0 Å². The second-order valence-electron chi connectivity index (χ2n) is 3.92. The first-order valence-electron chi connectivity index (χ1n) is 5.50. The van der Waals surface area contributed by atoms with Crippen molar-refractivity contribution in [1.82, 2.24) is 0 Å².